The van der Waals surface area contributed by atoms with Crippen LogP contribution in [0, 0.1) is 0 Å². The van der Waals surface area contributed by atoms with Crippen molar-refractivity contribution in [1.29, 1.82) is 0 Å². The van der Waals surface area contributed by atoms with Gasteiger partial charge < -0.3 is 19.1 Å². The van der Waals surface area contributed by atoms with Crippen LogP contribution < -0.4 is 14.2 Å². The number of fused-ring (bicyclic) bond motifs is 2. The molecule has 4 rings (SSSR count). The molecule has 0 aromatic heterocycles. The fraction of sp³-hybridized carbons (Fsp3) is 0.350. The van der Waals surface area contributed by atoms with Gasteiger partial charge in [-0.3, -0.25) is 4.79 Å². The molecule has 2 aromatic carbocycles. The van der Waals surface area contributed by atoms with Gasteiger partial charge in [-0.25, -0.2) is 0 Å². The zero-order valence-corrected chi connectivity index (χ0v) is 15.3. The van der Waals surface area contributed by atoms with E-state index in [-0.39, 0.29) is 12.5 Å². The summed E-state index contributed by atoms with van der Waals surface area (Å²) in [6, 6.07) is 9.05. The first-order valence-electron chi connectivity index (χ1n) is 8.67. The Morgan fingerprint density at radius 1 is 1.19 bits per heavy atom. The second-order valence-corrected chi connectivity index (χ2v) is 6.95. The van der Waals surface area contributed by atoms with Gasteiger partial charge in [0.05, 0.1) is 13.2 Å². The molecule has 6 heteroatoms. The number of hydrogen-bond donors (Lipinski definition) is 0. The van der Waals surface area contributed by atoms with Crippen LogP contribution in [-0.4, -0.2) is 37.7 Å². The van der Waals surface area contributed by atoms with Crippen molar-refractivity contribution in [2.75, 3.05) is 26.9 Å². The van der Waals surface area contributed by atoms with Gasteiger partial charge in [0.2, 0.25) is 0 Å². The second-order valence-electron chi connectivity index (χ2n) is 6.51. The molecule has 1 amide bonds. The first-order valence-corrected chi connectivity index (χ1v) is 9.05. The summed E-state index contributed by atoms with van der Waals surface area (Å²) in [4.78, 5) is 14.2. The van der Waals surface area contributed by atoms with Crippen LogP contribution in [0.15, 0.2) is 30.3 Å². The molecule has 0 radical (unpaired) electrons. The van der Waals surface area contributed by atoms with Gasteiger partial charge in [0.1, 0.15) is 17.2 Å². The number of hydrogen-bond acceptors (Lipinski definition) is 4. The predicted octanol–water partition coefficient (Wildman–Crippen LogP) is 3.25. The number of halogens is 1. The first-order chi connectivity index (χ1) is 12.6. The van der Waals surface area contributed by atoms with Gasteiger partial charge in [0, 0.05) is 48.1 Å². The lowest BCUT2D eigenvalue weighted by molar-refractivity contribution is -0.132. The molecule has 0 bridgehead atoms. The van der Waals surface area contributed by atoms with E-state index >= 15 is 0 Å². The zero-order valence-electron chi connectivity index (χ0n) is 14.6. The van der Waals surface area contributed by atoms with Gasteiger partial charge >= 0.3 is 0 Å². The van der Waals surface area contributed by atoms with E-state index < -0.39 is 0 Å². The Kier molecular flexibility index (Phi) is 4.64. The molecule has 2 heterocycles. The number of rotatable bonds is 5. The van der Waals surface area contributed by atoms with Crippen molar-refractivity contribution in [1.82, 2.24) is 4.90 Å². The second kappa shape index (κ2) is 7.08. The van der Waals surface area contributed by atoms with Crippen molar-refractivity contribution in [2.45, 2.75) is 19.4 Å². The van der Waals surface area contributed by atoms with E-state index in [1.165, 1.54) is 5.56 Å². The minimum Gasteiger partial charge on any atom is -0.493 e. The number of ether oxygens (including phenoxy) is 3. The number of amides is 1. The highest BCUT2D eigenvalue weighted by Gasteiger charge is 2.27. The van der Waals surface area contributed by atoms with Crippen LogP contribution in [0.2, 0.25) is 5.02 Å². The van der Waals surface area contributed by atoms with Gasteiger partial charge in [-0.1, -0.05) is 11.6 Å². The largest absolute Gasteiger partial charge is 0.493 e. The van der Waals surface area contributed by atoms with Crippen molar-refractivity contribution < 1.29 is 19.0 Å². The summed E-state index contributed by atoms with van der Waals surface area (Å²) in [7, 11) is 1.78. The Balaban J connectivity index is 1.45. The number of likely N-dealkylation sites (N-methyl/N-ethyl adjacent to an activating group) is 1. The Labute approximate surface area is 157 Å². The van der Waals surface area contributed by atoms with Gasteiger partial charge in [0.15, 0.2) is 6.61 Å². The Morgan fingerprint density at radius 3 is 2.77 bits per heavy atom. The third-order valence-corrected chi connectivity index (χ3v) is 5.01. The monoisotopic (exact) mass is 373 g/mol. The molecule has 2 aromatic rings. The number of nitrogens with zero attached hydrogens (tertiary/aromatic N) is 1. The van der Waals surface area contributed by atoms with Crippen LogP contribution in [0.1, 0.15) is 16.7 Å². The molecule has 26 heavy (non-hydrogen) atoms. The van der Waals surface area contributed by atoms with E-state index in [4.69, 9.17) is 25.8 Å². The molecule has 0 unspecified atom stereocenters. The van der Waals surface area contributed by atoms with Crippen LogP contribution in [0.5, 0.6) is 17.2 Å². The Hall–Kier alpha value is -2.40. The predicted molar refractivity (Wildman–Crippen MR) is 98.3 cm³/mol. The van der Waals surface area contributed by atoms with Crippen molar-refractivity contribution in [3.05, 3.63) is 52.0 Å². The summed E-state index contributed by atoms with van der Waals surface area (Å²) in [5, 5.41) is 0.634. The third-order valence-electron chi connectivity index (χ3n) is 4.76. The Morgan fingerprint density at radius 2 is 1.96 bits per heavy atom. The zero-order chi connectivity index (χ0) is 18.1. The van der Waals surface area contributed by atoms with E-state index in [1.807, 2.05) is 0 Å². The highest BCUT2D eigenvalue weighted by atomic mass is 35.5. The summed E-state index contributed by atoms with van der Waals surface area (Å²) < 4.78 is 17.1. The molecule has 0 N–H and O–H groups in total. The number of benzene rings is 2. The summed E-state index contributed by atoms with van der Waals surface area (Å²) in [5.41, 5.74) is 3.39. The first kappa shape index (κ1) is 17.0. The van der Waals surface area contributed by atoms with Crippen molar-refractivity contribution >= 4 is 17.5 Å². The average molecular weight is 374 g/mol. The van der Waals surface area contributed by atoms with E-state index in [1.54, 1.807) is 36.2 Å². The van der Waals surface area contributed by atoms with Gasteiger partial charge in [-0.2, -0.15) is 0 Å². The lowest BCUT2D eigenvalue weighted by Gasteiger charge is -2.21. The summed E-state index contributed by atoms with van der Waals surface area (Å²) >= 11 is 5.86. The smallest absolute Gasteiger partial charge is 0.260 e. The molecule has 5 nitrogen and oxygen atoms in total. The molecular formula is C20H20ClNO4. The minimum absolute atomic E-state index is 0.0211. The van der Waals surface area contributed by atoms with E-state index in [9.17, 15) is 4.79 Å². The Bertz CT molecular complexity index is 802. The number of carbonyl (C=O) groups excluding carboxylic acids is 1. The molecule has 0 atom stereocenters. The highest BCUT2D eigenvalue weighted by Crippen LogP contribution is 2.41. The lowest BCUT2D eigenvalue weighted by Crippen LogP contribution is -2.31. The van der Waals surface area contributed by atoms with Crippen molar-refractivity contribution in [3.63, 3.8) is 0 Å². The summed E-state index contributed by atoms with van der Waals surface area (Å²) in [6.07, 6.45) is 1.74. The number of carbonyl (C=O) groups is 1. The molecule has 0 saturated carbocycles. The van der Waals surface area contributed by atoms with E-state index in [2.05, 4.69) is 6.07 Å². The van der Waals surface area contributed by atoms with Crippen LogP contribution >= 0.6 is 11.6 Å². The molecule has 0 saturated heterocycles. The lowest BCUT2D eigenvalue weighted by atomic mass is 9.99. The van der Waals surface area contributed by atoms with Crippen molar-refractivity contribution in [3.8, 4) is 17.2 Å². The van der Waals surface area contributed by atoms with Gasteiger partial charge in [0.25, 0.3) is 5.91 Å². The molecule has 0 aliphatic carbocycles. The molecule has 2 aliphatic rings. The maximum Gasteiger partial charge on any atom is 0.260 e. The third kappa shape index (κ3) is 3.31. The quantitative estimate of drug-likeness (QED) is 0.807. The SMILES string of the molecule is CN(Cc1c2c(cc3c1OCC3)OCC2)C(=O)COc1ccc(Cl)cc1. The normalized spacial score (nSPS) is 14.2. The molecular weight excluding hydrogens is 354 g/mol. The molecule has 136 valence electrons. The van der Waals surface area contributed by atoms with Gasteiger partial charge in [-0.15, -0.1) is 0 Å². The maximum absolute atomic E-state index is 12.5. The van der Waals surface area contributed by atoms with E-state index in [0.717, 1.165) is 35.5 Å². The minimum atomic E-state index is -0.0942. The molecule has 0 fully saturated rings. The van der Waals surface area contributed by atoms with Gasteiger partial charge in [-0.05, 0) is 30.3 Å². The van der Waals surface area contributed by atoms with Crippen LogP contribution in [0.3, 0.4) is 0 Å². The summed E-state index contributed by atoms with van der Waals surface area (Å²) in [6.45, 7) is 1.83. The summed E-state index contributed by atoms with van der Waals surface area (Å²) in [5.74, 6) is 2.38. The maximum atomic E-state index is 12.5. The molecule has 2 aliphatic heterocycles. The topological polar surface area (TPSA) is 48.0 Å². The fourth-order valence-electron chi connectivity index (χ4n) is 3.36. The van der Waals surface area contributed by atoms with Crippen LogP contribution in [0.4, 0.5) is 0 Å². The molecule has 0 spiro atoms. The highest BCUT2D eigenvalue weighted by molar-refractivity contribution is 6.30. The van der Waals surface area contributed by atoms with Crippen LogP contribution in [-0.2, 0) is 24.2 Å². The van der Waals surface area contributed by atoms with Crippen molar-refractivity contribution in [2.24, 2.45) is 0 Å². The fourth-order valence-corrected chi connectivity index (χ4v) is 3.49. The van der Waals surface area contributed by atoms with Crippen LogP contribution in [0.25, 0.3) is 0 Å². The van der Waals surface area contributed by atoms with E-state index in [0.29, 0.717) is 30.5 Å². The average Bonchev–Trinajstić information content (AvgIpc) is 3.29. The standard InChI is InChI=1S/C20H20ClNO4/c1-22(19(23)12-26-15-4-2-14(21)3-5-15)11-17-16-7-9-24-18(16)10-13-6-8-25-20(13)17/h2-5,10H,6-9,11-12H2,1H3.